The van der Waals surface area contributed by atoms with Crippen molar-refractivity contribution in [1.82, 2.24) is 4.98 Å². The molecule has 0 amide bonds. The van der Waals surface area contributed by atoms with E-state index >= 15 is 0 Å². The first-order valence-corrected chi connectivity index (χ1v) is 5.95. The highest BCUT2D eigenvalue weighted by Crippen LogP contribution is 2.23. The van der Waals surface area contributed by atoms with Gasteiger partial charge in [0.2, 0.25) is 5.15 Å². The Kier molecular flexibility index (Phi) is 3.25. The minimum atomic E-state index is -3.48. The van der Waals surface area contributed by atoms with Gasteiger partial charge in [0.25, 0.3) is 0 Å². The van der Waals surface area contributed by atoms with E-state index in [1.807, 2.05) is 0 Å². The summed E-state index contributed by atoms with van der Waals surface area (Å²) in [4.78, 5) is 13.1. The number of hydrogen-bond donors (Lipinski definition) is 0. The quantitative estimate of drug-likeness (QED) is 0.460. The van der Waals surface area contributed by atoms with E-state index in [-0.39, 0.29) is 10.8 Å². The van der Waals surface area contributed by atoms with E-state index in [2.05, 4.69) is 4.98 Å². The zero-order chi connectivity index (χ0) is 11.6. The molecule has 1 heterocycles. The van der Waals surface area contributed by atoms with Crippen molar-refractivity contribution in [1.29, 1.82) is 0 Å². The molecule has 0 spiro atoms. The number of hydrogen-bond acceptors (Lipinski definition) is 5. The summed E-state index contributed by atoms with van der Waals surface area (Å²) in [5, 5.41) is 9.71. The first-order valence-electron chi connectivity index (χ1n) is 3.92. The van der Waals surface area contributed by atoms with E-state index in [9.17, 15) is 18.5 Å². The van der Waals surface area contributed by atoms with Crippen LogP contribution >= 0.6 is 11.6 Å². The molecular weight excluding hydrogens is 244 g/mol. The summed E-state index contributed by atoms with van der Waals surface area (Å²) in [6, 6.07) is 2.10. The van der Waals surface area contributed by atoms with Crippen LogP contribution in [0, 0.1) is 10.1 Å². The third-order valence-corrected chi connectivity index (χ3v) is 3.60. The number of nitrogens with zero attached hydrogens (tertiary/aromatic N) is 2. The number of pyridine rings is 1. The maximum Gasteiger partial charge on any atom is 0.306 e. The van der Waals surface area contributed by atoms with Crippen LogP contribution in [0.25, 0.3) is 0 Å². The van der Waals surface area contributed by atoms with Crippen molar-refractivity contribution in [2.45, 2.75) is 11.9 Å². The van der Waals surface area contributed by atoms with E-state index in [1.54, 1.807) is 0 Å². The Morgan fingerprint density at radius 1 is 1.53 bits per heavy atom. The van der Waals surface area contributed by atoms with E-state index < -0.39 is 25.6 Å². The van der Waals surface area contributed by atoms with E-state index in [1.165, 1.54) is 6.92 Å². The molecule has 82 valence electrons. The fraction of sp³-hybridized carbons (Fsp3) is 0.286. The molecule has 0 aliphatic carbocycles. The van der Waals surface area contributed by atoms with Crippen LogP contribution in [0.5, 0.6) is 0 Å². The third-order valence-electron chi connectivity index (χ3n) is 1.70. The van der Waals surface area contributed by atoms with Gasteiger partial charge in [0, 0.05) is 6.07 Å². The molecule has 0 unspecified atom stereocenters. The van der Waals surface area contributed by atoms with Gasteiger partial charge in [-0.05, 0) is 6.07 Å². The monoisotopic (exact) mass is 250 g/mol. The van der Waals surface area contributed by atoms with Crippen molar-refractivity contribution < 1.29 is 13.3 Å². The van der Waals surface area contributed by atoms with Crippen LogP contribution in [0.3, 0.4) is 0 Å². The Labute approximate surface area is 91.0 Å². The van der Waals surface area contributed by atoms with Crippen LogP contribution in [0.4, 0.5) is 5.69 Å². The predicted molar refractivity (Wildman–Crippen MR) is 53.6 cm³/mol. The predicted octanol–water partition coefficient (Wildman–Crippen LogP) is 1.44. The Balaban J connectivity index is 3.30. The smallest absolute Gasteiger partial charge is 0.258 e. The Bertz CT molecular complexity index is 500. The topological polar surface area (TPSA) is 90.2 Å². The number of aromatic nitrogens is 1. The molecule has 1 aromatic rings. The number of rotatable bonds is 3. The first kappa shape index (κ1) is 11.9. The van der Waals surface area contributed by atoms with Crippen molar-refractivity contribution in [3.8, 4) is 0 Å². The zero-order valence-corrected chi connectivity index (χ0v) is 9.25. The van der Waals surface area contributed by atoms with Crippen molar-refractivity contribution in [2.24, 2.45) is 0 Å². The van der Waals surface area contributed by atoms with Gasteiger partial charge in [-0.15, -0.1) is 0 Å². The van der Waals surface area contributed by atoms with Crippen molar-refractivity contribution in [3.63, 3.8) is 0 Å². The Morgan fingerprint density at radius 2 is 2.13 bits per heavy atom. The number of nitro groups is 1. The van der Waals surface area contributed by atoms with Gasteiger partial charge in [0.1, 0.15) is 0 Å². The molecule has 0 saturated carbocycles. The summed E-state index contributed by atoms with van der Waals surface area (Å²) >= 11 is 5.47. The average molecular weight is 251 g/mol. The van der Waals surface area contributed by atoms with Crippen molar-refractivity contribution in [2.75, 3.05) is 5.75 Å². The summed E-state index contributed by atoms with van der Waals surface area (Å²) in [5.41, 5.74) is -0.410. The molecular formula is C7H7ClN2O4S. The number of halogens is 1. The highest BCUT2D eigenvalue weighted by atomic mass is 35.5. The van der Waals surface area contributed by atoms with Crippen LogP contribution in [-0.4, -0.2) is 24.1 Å². The molecule has 0 aromatic carbocycles. The molecule has 0 fully saturated rings. The van der Waals surface area contributed by atoms with Gasteiger partial charge in [-0.3, -0.25) is 10.1 Å². The molecule has 1 aromatic heterocycles. The van der Waals surface area contributed by atoms with E-state index in [4.69, 9.17) is 11.6 Å². The lowest BCUT2D eigenvalue weighted by atomic mass is 10.4. The van der Waals surface area contributed by atoms with Gasteiger partial charge in [-0.2, -0.15) is 0 Å². The van der Waals surface area contributed by atoms with Crippen LogP contribution in [0.15, 0.2) is 17.2 Å². The SMILES string of the molecule is CCS(=O)(=O)c1ccc([N+](=O)[O-])c(Cl)n1. The van der Waals surface area contributed by atoms with Crippen LogP contribution in [0.1, 0.15) is 6.92 Å². The molecule has 0 N–H and O–H groups in total. The third kappa shape index (κ3) is 2.42. The van der Waals surface area contributed by atoms with Gasteiger partial charge in [0.05, 0.1) is 10.7 Å². The molecule has 0 atom stereocenters. The second-order valence-electron chi connectivity index (χ2n) is 2.62. The second kappa shape index (κ2) is 4.11. The van der Waals surface area contributed by atoms with Crippen molar-refractivity contribution in [3.05, 3.63) is 27.4 Å². The van der Waals surface area contributed by atoms with Crippen LogP contribution in [0.2, 0.25) is 5.15 Å². The van der Waals surface area contributed by atoms with Gasteiger partial charge in [-0.25, -0.2) is 13.4 Å². The summed E-state index contributed by atoms with van der Waals surface area (Å²) in [5.74, 6) is -0.131. The standard InChI is InChI=1S/C7H7ClN2O4S/c1-2-15(13,14)6-4-3-5(10(11)12)7(8)9-6/h3-4H,2H2,1H3. The summed E-state index contributed by atoms with van der Waals surface area (Å²) in [6.07, 6.45) is 0. The lowest BCUT2D eigenvalue weighted by molar-refractivity contribution is -0.385. The molecule has 15 heavy (non-hydrogen) atoms. The molecule has 0 aliphatic rings. The maximum atomic E-state index is 11.3. The largest absolute Gasteiger partial charge is 0.306 e. The summed E-state index contributed by atoms with van der Waals surface area (Å²) in [6.45, 7) is 1.45. The normalized spacial score (nSPS) is 11.3. The molecule has 0 aliphatic heterocycles. The van der Waals surface area contributed by atoms with E-state index in [0.29, 0.717) is 0 Å². The maximum absolute atomic E-state index is 11.3. The molecule has 6 nitrogen and oxygen atoms in total. The zero-order valence-electron chi connectivity index (χ0n) is 7.68. The van der Waals surface area contributed by atoms with Gasteiger partial charge in [-0.1, -0.05) is 18.5 Å². The van der Waals surface area contributed by atoms with Crippen LogP contribution in [-0.2, 0) is 9.84 Å². The second-order valence-corrected chi connectivity index (χ2v) is 5.20. The minimum Gasteiger partial charge on any atom is -0.258 e. The summed E-state index contributed by atoms with van der Waals surface area (Å²) < 4.78 is 22.7. The molecule has 0 radical (unpaired) electrons. The Morgan fingerprint density at radius 3 is 2.53 bits per heavy atom. The lowest BCUT2D eigenvalue weighted by Gasteiger charge is -2.00. The highest BCUT2D eigenvalue weighted by molar-refractivity contribution is 7.91. The Hall–Kier alpha value is -1.21. The van der Waals surface area contributed by atoms with Crippen LogP contribution < -0.4 is 0 Å². The number of sulfone groups is 1. The summed E-state index contributed by atoms with van der Waals surface area (Å²) in [7, 11) is -3.48. The highest BCUT2D eigenvalue weighted by Gasteiger charge is 2.19. The lowest BCUT2D eigenvalue weighted by Crippen LogP contribution is -2.06. The molecule has 8 heteroatoms. The minimum absolute atomic E-state index is 0.131. The first-order chi connectivity index (χ1) is 6.88. The molecule has 1 rings (SSSR count). The average Bonchev–Trinajstić information content (AvgIpc) is 2.17. The van der Waals surface area contributed by atoms with Gasteiger partial charge >= 0.3 is 5.69 Å². The fourth-order valence-corrected chi connectivity index (χ4v) is 1.94. The fourth-order valence-electron chi connectivity index (χ4n) is 0.868. The van der Waals surface area contributed by atoms with Gasteiger partial charge in [0.15, 0.2) is 14.9 Å². The van der Waals surface area contributed by atoms with Crippen molar-refractivity contribution >= 4 is 27.1 Å². The molecule has 0 bridgehead atoms. The van der Waals surface area contributed by atoms with E-state index in [0.717, 1.165) is 12.1 Å². The molecule has 0 saturated heterocycles. The van der Waals surface area contributed by atoms with Gasteiger partial charge < -0.3 is 0 Å².